The average Bonchev–Trinajstić information content (AvgIpc) is 3.41. The molecule has 1 aromatic heterocycles. The molecule has 0 saturated heterocycles. The van der Waals surface area contributed by atoms with Crippen molar-refractivity contribution in [2.75, 3.05) is 0 Å². The summed E-state index contributed by atoms with van der Waals surface area (Å²) in [6.07, 6.45) is 0. The van der Waals surface area contributed by atoms with Crippen LogP contribution in [0.4, 0.5) is 0 Å². The smallest absolute Gasteiger partial charge is 0.145 e. The Balaban J connectivity index is 1.28. The first-order valence-corrected chi connectivity index (χ1v) is 13.3. The van der Waals surface area contributed by atoms with Crippen molar-refractivity contribution in [2.45, 2.75) is 0 Å². The molecule has 0 spiro atoms. The van der Waals surface area contributed by atoms with Crippen molar-refractivity contribution < 1.29 is 0 Å². The number of fused-ring (bicyclic) bond motifs is 7. The Labute approximate surface area is 226 Å². The van der Waals surface area contributed by atoms with Crippen molar-refractivity contribution in [1.82, 2.24) is 9.55 Å². The average molecular weight is 497 g/mol. The van der Waals surface area contributed by atoms with Crippen molar-refractivity contribution in [3.63, 3.8) is 0 Å². The number of nitrogens with zero attached hydrogens (tertiary/aromatic N) is 2. The Bertz CT molecular complexity index is 2120. The molecule has 0 aliphatic carbocycles. The molecule has 0 unspecified atom stereocenters. The standard InChI is InChI=1S/C37H24N2/c1-2-10-26(11-3-1)37-38-35-16-8-9-17-36(35)39(37)28-21-18-25(19-22-28)27-20-23-33-31-14-5-4-12-29(31)30-13-6-7-15-32(30)34(33)24-27/h1-24H. The molecule has 0 fully saturated rings. The van der Waals surface area contributed by atoms with E-state index in [9.17, 15) is 0 Å². The van der Waals surface area contributed by atoms with Crippen molar-refractivity contribution in [3.8, 4) is 28.2 Å². The van der Waals surface area contributed by atoms with Crippen LogP contribution in [0.2, 0.25) is 0 Å². The van der Waals surface area contributed by atoms with Crippen LogP contribution in [0.3, 0.4) is 0 Å². The van der Waals surface area contributed by atoms with E-state index in [2.05, 4.69) is 138 Å². The van der Waals surface area contributed by atoms with Gasteiger partial charge in [-0.2, -0.15) is 0 Å². The summed E-state index contributed by atoms with van der Waals surface area (Å²) in [6.45, 7) is 0. The lowest BCUT2D eigenvalue weighted by Gasteiger charge is -2.13. The van der Waals surface area contributed by atoms with Crippen LogP contribution in [0, 0.1) is 0 Å². The van der Waals surface area contributed by atoms with Crippen LogP contribution in [-0.4, -0.2) is 9.55 Å². The van der Waals surface area contributed by atoms with E-state index in [4.69, 9.17) is 4.98 Å². The number of hydrogen-bond acceptors (Lipinski definition) is 1. The van der Waals surface area contributed by atoms with E-state index in [0.29, 0.717) is 0 Å². The van der Waals surface area contributed by atoms with E-state index in [-0.39, 0.29) is 0 Å². The molecule has 39 heavy (non-hydrogen) atoms. The van der Waals surface area contributed by atoms with Gasteiger partial charge in [-0.05, 0) is 73.8 Å². The number of imidazole rings is 1. The third-order valence-electron chi connectivity index (χ3n) is 7.80. The van der Waals surface area contributed by atoms with Gasteiger partial charge in [0.25, 0.3) is 0 Å². The van der Waals surface area contributed by atoms with Crippen LogP contribution in [0.15, 0.2) is 146 Å². The van der Waals surface area contributed by atoms with Crippen LogP contribution < -0.4 is 0 Å². The van der Waals surface area contributed by atoms with E-state index in [1.807, 2.05) is 12.1 Å². The zero-order chi connectivity index (χ0) is 25.8. The maximum Gasteiger partial charge on any atom is 0.145 e. The fourth-order valence-electron chi connectivity index (χ4n) is 5.96. The predicted molar refractivity (Wildman–Crippen MR) is 164 cm³/mol. The summed E-state index contributed by atoms with van der Waals surface area (Å²) in [5.74, 6) is 0.952. The van der Waals surface area contributed by atoms with E-state index >= 15 is 0 Å². The Hall–Kier alpha value is -5.21. The molecule has 2 heteroatoms. The van der Waals surface area contributed by atoms with Gasteiger partial charge in [-0.3, -0.25) is 4.57 Å². The van der Waals surface area contributed by atoms with Crippen LogP contribution in [0.25, 0.3) is 71.6 Å². The zero-order valence-electron chi connectivity index (χ0n) is 21.3. The predicted octanol–water partition coefficient (Wildman–Crippen LogP) is 9.82. The van der Waals surface area contributed by atoms with Gasteiger partial charge in [-0.15, -0.1) is 0 Å². The monoisotopic (exact) mass is 496 g/mol. The molecule has 0 aliphatic rings. The largest absolute Gasteiger partial charge is 0.292 e. The first-order chi connectivity index (χ1) is 19.3. The lowest BCUT2D eigenvalue weighted by atomic mass is 9.92. The summed E-state index contributed by atoms with van der Waals surface area (Å²) in [7, 11) is 0. The quantitative estimate of drug-likeness (QED) is 0.223. The molecule has 0 atom stereocenters. The molecule has 2 nitrogen and oxygen atoms in total. The molecule has 0 N–H and O–H groups in total. The Morgan fingerprint density at radius 3 is 1.62 bits per heavy atom. The second-order valence-corrected chi connectivity index (χ2v) is 10.0. The highest BCUT2D eigenvalue weighted by Crippen LogP contribution is 2.37. The molecule has 8 aromatic rings. The first kappa shape index (κ1) is 21.8. The lowest BCUT2D eigenvalue weighted by Crippen LogP contribution is -1.97. The van der Waals surface area contributed by atoms with Crippen LogP contribution in [-0.2, 0) is 0 Å². The van der Waals surface area contributed by atoms with Gasteiger partial charge in [0, 0.05) is 11.3 Å². The van der Waals surface area contributed by atoms with Gasteiger partial charge in [0.05, 0.1) is 11.0 Å². The van der Waals surface area contributed by atoms with E-state index in [1.54, 1.807) is 0 Å². The van der Waals surface area contributed by atoms with Crippen molar-refractivity contribution in [3.05, 3.63) is 146 Å². The van der Waals surface area contributed by atoms with Gasteiger partial charge in [-0.25, -0.2) is 4.98 Å². The molecular weight excluding hydrogens is 472 g/mol. The Kier molecular flexibility index (Phi) is 4.86. The van der Waals surface area contributed by atoms with Crippen LogP contribution >= 0.6 is 0 Å². The highest BCUT2D eigenvalue weighted by Gasteiger charge is 2.14. The van der Waals surface area contributed by atoms with Gasteiger partial charge >= 0.3 is 0 Å². The normalized spacial score (nSPS) is 11.6. The zero-order valence-corrected chi connectivity index (χ0v) is 21.3. The number of benzene rings is 7. The minimum atomic E-state index is 0.952. The molecule has 1 heterocycles. The summed E-state index contributed by atoms with van der Waals surface area (Å²) in [5.41, 5.74) is 6.72. The van der Waals surface area contributed by atoms with Gasteiger partial charge < -0.3 is 0 Å². The van der Waals surface area contributed by atoms with E-state index < -0.39 is 0 Å². The molecule has 7 aromatic carbocycles. The third kappa shape index (κ3) is 3.46. The van der Waals surface area contributed by atoms with Gasteiger partial charge in [-0.1, -0.05) is 115 Å². The third-order valence-corrected chi connectivity index (χ3v) is 7.80. The summed E-state index contributed by atoms with van der Waals surface area (Å²) in [4.78, 5) is 4.99. The van der Waals surface area contributed by atoms with Crippen molar-refractivity contribution in [2.24, 2.45) is 0 Å². The van der Waals surface area contributed by atoms with Gasteiger partial charge in [0.1, 0.15) is 5.82 Å². The number of aromatic nitrogens is 2. The highest BCUT2D eigenvalue weighted by atomic mass is 15.1. The molecule has 0 aliphatic heterocycles. The number of hydrogen-bond donors (Lipinski definition) is 0. The maximum absolute atomic E-state index is 4.99. The second-order valence-electron chi connectivity index (χ2n) is 10.0. The summed E-state index contributed by atoms with van der Waals surface area (Å²) in [6, 6.07) is 52.0. The second kappa shape index (κ2) is 8.68. The summed E-state index contributed by atoms with van der Waals surface area (Å²) >= 11 is 0. The molecule has 0 radical (unpaired) electrons. The minimum Gasteiger partial charge on any atom is -0.292 e. The molecule has 0 amide bonds. The SMILES string of the molecule is c1ccc(-c2nc3ccccc3n2-c2ccc(-c3ccc4c5ccccc5c5ccccc5c4c3)cc2)cc1. The van der Waals surface area contributed by atoms with Crippen LogP contribution in [0.5, 0.6) is 0 Å². The van der Waals surface area contributed by atoms with E-state index in [1.165, 1.54) is 43.4 Å². The Morgan fingerprint density at radius 2 is 0.923 bits per heavy atom. The molecule has 8 rings (SSSR count). The number of para-hydroxylation sites is 2. The minimum absolute atomic E-state index is 0.952. The fourth-order valence-corrected chi connectivity index (χ4v) is 5.96. The maximum atomic E-state index is 4.99. The first-order valence-electron chi connectivity index (χ1n) is 13.3. The lowest BCUT2D eigenvalue weighted by molar-refractivity contribution is 1.10. The molecule has 0 bridgehead atoms. The van der Waals surface area contributed by atoms with Gasteiger partial charge in [0.2, 0.25) is 0 Å². The fraction of sp³-hybridized carbons (Fsp3) is 0. The topological polar surface area (TPSA) is 17.8 Å². The van der Waals surface area contributed by atoms with Crippen molar-refractivity contribution in [1.29, 1.82) is 0 Å². The van der Waals surface area contributed by atoms with Gasteiger partial charge in [0.15, 0.2) is 0 Å². The molecule has 0 saturated carbocycles. The summed E-state index contributed by atoms with van der Waals surface area (Å²) in [5, 5.41) is 7.78. The Morgan fingerprint density at radius 1 is 0.385 bits per heavy atom. The van der Waals surface area contributed by atoms with Crippen molar-refractivity contribution >= 4 is 43.4 Å². The highest BCUT2D eigenvalue weighted by molar-refractivity contribution is 6.25. The summed E-state index contributed by atoms with van der Waals surface area (Å²) < 4.78 is 2.26. The molecule has 182 valence electrons. The van der Waals surface area contributed by atoms with E-state index in [0.717, 1.165) is 28.1 Å². The van der Waals surface area contributed by atoms with Crippen LogP contribution in [0.1, 0.15) is 0 Å². The molecular formula is C37H24N2. The number of rotatable bonds is 3.